The van der Waals surface area contributed by atoms with Gasteiger partial charge in [-0.3, -0.25) is 0 Å². The van der Waals surface area contributed by atoms with Gasteiger partial charge in [-0.2, -0.15) is 0 Å². The second-order valence-corrected chi connectivity index (χ2v) is 11.0. The Morgan fingerprint density at radius 2 is 1.82 bits per heavy atom. The summed E-state index contributed by atoms with van der Waals surface area (Å²) in [6.45, 7) is 10.2. The Morgan fingerprint density at radius 1 is 1.04 bits per heavy atom. The van der Waals surface area contributed by atoms with E-state index in [0.717, 1.165) is 31.3 Å². The molecule has 3 unspecified atom stereocenters. The van der Waals surface area contributed by atoms with Gasteiger partial charge in [0.1, 0.15) is 0 Å². The second kappa shape index (κ2) is 7.49. The second-order valence-electron chi connectivity index (χ2n) is 11.0. The first kappa shape index (κ1) is 20.5. The highest BCUT2D eigenvalue weighted by atomic mass is 16.5. The summed E-state index contributed by atoms with van der Waals surface area (Å²) in [5, 5.41) is 11.1. The van der Waals surface area contributed by atoms with Gasteiger partial charge in [-0.15, -0.1) is 0 Å². The van der Waals surface area contributed by atoms with Crippen LogP contribution < -0.4 is 0 Å². The van der Waals surface area contributed by atoms with Gasteiger partial charge < -0.3 is 9.84 Å². The van der Waals surface area contributed by atoms with E-state index in [0.29, 0.717) is 11.3 Å². The molecule has 4 aliphatic rings. The van der Waals surface area contributed by atoms with E-state index in [-0.39, 0.29) is 5.41 Å². The van der Waals surface area contributed by atoms with Crippen molar-refractivity contribution < 1.29 is 9.84 Å². The van der Waals surface area contributed by atoms with Gasteiger partial charge in [0.15, 0.2) is 0 Å². The van der Waals surface area contributed by atoms with Crippen molar-refractivity contribution in [1.82, 2.24) is 0 Å². The number of aliphatic hydroxyl groups is 1. The van der Waals surface area contributed by atoms with Crippen molar-refractivity contribution in [2.45, 2.75) is 104 Å². The van der Waals surface area contributed by atoms with Crippen LogP contribution in [-0.4, -0.2) is 17.3 Å². The molecular formula is C26H42O2. The minimum absolute atomic E-state index is 0.118. The molecule has 0 aromatic carbocycles. The molecule has 1 N–H and O–H groups in total. The summed E-state index contributed by atoms with van der Waals surface area (Å²) in [5.41, 5.74) is 1.51. The zero-order chi connectivity index (χ0) is 20.0. The van der Waals surface area contributed by atoms with Crippen molar-refractivity contribution in [3.63, 3.8) is 0 Å². The number of unbranched alkanes of at least 4 members (excludes halogenated alkanes) is 3. The maximum atomic E-state index is 11.1. The van der Waals surface area contributed by atoms with E-state index in [9.17, 15) is 5.11 Å². The van der Waals surface area contributed by atoms with Crippen molar-refractivity contribution >= 4 is 0 Å². The average molecular weight is 387 g/mol. The highest BCUT2D eigenvalue weighted by molar-refractivity contribution is 5.36. The first-order valence-electron chi connectivity index (χ1n) is 12.1. The molecule has 0 aromatic heterocycles. The Labute approximate surface area is 172 Å². The summed E-state index contributed by atoms with van der Waals surface area (Å²) in [4.78, 5) is 0. The van der Waals surface area contributed by atoms with Gasteiger partial charge in [0.05, 0.1) is 18.0 Å². The van der Waals surface area contributed by atoms with E-state index < -0.39 is 5.60 Å². The Hall–Kier alpha value is -0.760. The highest BCUT2D eigenvalue weighted by Crippen LogP contribution is 2.66. The molecule has 158 valence electrons. The van der Waals surface area contributed by atoms with Crippen molar-refractivity contribution in [2.24, 2.45) is 28.6 Å². The van der Waals surface area contributed by atoms with Crippen LogP contribution in [0.4, 0.5) is 0 Å². The standard InChI is InChI=1S/C26H42O2/c1-5-6-7-8-17-28-20-11-14-24(2)19(18-20)9-10-21-22(24)12-15-25(3)23(21)13-16-26(25,4)27/h9,18,21-23,27H,5-8,10-17H2,1-4H3/t21?,22-,23-,24?,25?,26-/m0/s1. The molecule has 4 rings (SSSR count). The molecule has 0 aliphatic heterocycles. The molecule has 2 heteroatoms. The number of allylic oxidation sites excluding steroid dienone is 4. The summed E-state index contributed by atoms with van der Waals surface area (Å²) in [5.74, 6) is 3.45. The third-order valence-electron chi connectivity index (χ3n) is 9.58. The fraction of sp³-hybridized carbons (Fsp3) is 0.846. The first-order valence-corrected chi connectivity index (χ1v) is 12.1. The maximum absolute atomic E-state index is 11.1. The Kier molecular flexibility index (Phi) is 5.49. The van der Waals surface area contributed by atoms with Crippen LogP contribution in [0.15, 0.2) is 23.5 Å². The Bertz CT molecular complexity index is 645. The third-order valence-corrected chi connectivity index (χ3v) is 9.58. The van der Waals surface area contributed by atoms with Crippen LogP contribution in [-0.2, 0) is 4.74 Å². The monoisotopic (exact) mass is 386 g/mol. The molecule has 0 heterocycles. The van der Waals surface area contributed by atoms with Crippen molar-refractivity contribution in [1.29, 1.82) is 0 Å². The van der Waals surface area contributed by atoms with Crippen molar-refractivity contribution in [2.75, 3.05) is 6.61 Å². The zero-order valence-corrected chi connectivity index (χ0v) is 18.7. The molecule has 0 saturated heterocycles. The van der Waals surface area contributed by atoms with E-state index in [4.69, 9.17) is 4.74 Å². The first-order chi connectivity index (χ1) is 13.3. The minimum Gasteiger partial charge on any atom is -0.498 e. The fourth-order valence-electron chi connectivity index (χ4n) is 7.39. The summed E-state index contributed by atoms with van der Waals surface area (Å²) in [7, 11) is 0. The van der Waals surface area contributed by atoms with Gasteiger partial charge >= 0.3 is 0 Å². The third kappa shape index (κ3) is 3.18. The summed E-state index contributed by atoms with van der Waals surface area (Å²) in [6.07, 6.45) is 18.2. The zero-order valence-electron chi connectivity index (χ0n) is 18.7. The molecule has 2 saturated carbocycles. The van der Waals surface area contributed by atoms with E-state index in [1.807, 2.05) is 0 Å². The lowest BCUT2D eigenvalue weighted by Crippen LogP contribution is -2.53. The van der Waals surface area contributed by atoms with Crippen molar-refractivity contribution in [3.8, 4) is 0 Å². The fourth-order valence-corrected chi connectivity index (χ4v) is 7.39. The molecule has 0 spiro atoms. The molecule has 0 amide bonds. The number of hydrogen-bond donors (Lipinski definition) is 1. The molecule has 6 atom stereocenters. The summed E-state index contributed by atoms with van der Waals surface area (Å²) >= 11 is 0. The van der Waals surface area contributed by atoms with Gasteiger partial charge in [0, 0.05) is 6.42 Å². The van der Waals surface area contributed by atoms with Crippen LogP contribution in [0.5, 0.6) is 0 Å². The molecule has 4 aliphatic carbocycles. The summed E-state index contributed by atoms with van der Waals surface area (Å²) in [6, 6.07) is 0. The molecule has 0 radical (unpaired) electrons. The maximum Gasteiger partial charge on any atom is 0.0962 e. The lowest BCUT2D eigenvalue weighted by molar-refractivity contribution is -0.112. The largest absolute Gasteiger partial charge is 0.498 e. The molecule has 2 nitrogen and oxygen atoms in total. The van der Waals surface area contributed by atoms with Gasteiger partial charge in [0.2, 0.25) is 0 Å². The number of rotatable bonds is 6. The predicted molar refractivity (Wildman–Crippen MR) is 116 cm³/mol. The Morgan fingerprint density at radius 3 is 2.61 bits per heavy atom. The minimum atomic E-state index is -0.473. The summed E-state index contributed by atoms with van der Waals surface area (Å²) < 4.78 is 6.16. The van der Waals surface area contributed by atoms with Crippen LogP contribution in [0.25, 0.3) is 0 Å². The quantitative estimate of drug-likeness (QED) is 0.509. The molecule has 2 fully saturated rings. The number of ether oxygens (including phenoxy) is 1. The smallest absolute Gasteiger partial charge is 0.0962 e. The lowest BCUT2D eigenvalue weighted by Gasteiger charge is -2.57. The van der Waals surface area contributed by atoms with Crippen molar-refractivity contribution in [3.05, 3.63) is 23.5 Å². The molecule has 0 aromatic rings. The molecule has 28 heavy (non-hydrogen) atoms. The van der Waals surface area contributed by atoms with Crippen LogP contribution in [0.3, 0.4) is 0 Å². The normalized spacial score (nSPS) is 44.8. The molecular weight excluding hydrogens is 344 g/mol. The number of hydrogen-bond acceptors (Lipinski definition) is 2. The SMILES string of the molecule is CCCCCCOC1=CC2=CCC3[C@H](CCC4(C)[C@H]3CC[C@]4(C)O)C2(C)CC1. The van der Waals surface area contributed by atoms with E-state index in [2.05, 4.69) is 39.8 Å². The van der Waals surface area contributed by atoms with Crippen LogP contribution in [0.2, 0.25) is 0 Å². The van der Waals surface area contributed by atoms with E-state index in [1.54, 1.807) is 5.57 Å². The van der Waals surface area contributed by atoms with Gasteiger partial charge in [-0.25, -0.2) is 0 Å². The lowest BCUT2D eigenvalue weighted by atomic mass is 9.47. The number of fused-ring (bicyclic) bond motifs is 5. The van der Waals surface area contributed by atoms with E-state index in [1.165, 1.54) is 63.5 Å². The van der Waals surface area contributed by atoms with Gasteiger partial charge in [-0.1, -0.05) is 46.1 Å². The highest BCUT2D eigenvalue weighted by Gasteiger charge is 2.61. The van der Waals surface area contributed by atoms with Crippen LogP contribution >= 0.6 is 0 Å². The van der Waals surface area contributed by atoms with Crippen LogP contribution in [0.1, 0.15) is 98.3 Å². The van der Waals surface area contributed by atoms with Gasteiger partial charge in [-0.05, 0) is 92.1 Å². The molecule has 0 bridgehead atoms. The predicted octanol–water partition coefficient (Wildman–Crippen LogP) is 6.79. The topological polar surface area (TPSA) is 29.5 Å². The van der Waals surface area contributed by atoms with Crippen LogP contribution in [0, 0.1) is 28.6 Å². The Balaban J connectivity index is 1.48. The average Bonchev–Trinajstić information content (AvgIpc) is 2.91. The van der Waals surface area contributed by atoms with E-state index >= 15 is 0 Å². The van der Waals surface area contributed by atoms with Gasteiger partial charge in [0.25, 0.3) is 0 Å².